The molecule has 7 nitrogen and oxygen atoms in total. The van der Waals surface area contributed by atoms with E-state index in [1.54, 1.807) is 11.7 Å². The first-order chi connectivity index (χ1) is 14.2. The molecule has 30 heavy (non-hydrogen) atoms. The van der Waals surface area contributed by atoms with Gasteiger partial charge in [0.25, 0.3) is 11.8 Å². The maximum Gasteiger partial charge on any atom is 0.269 e. The Hall–Kier alpha value is -2.61. The molecule has 5 rings (SSSR count). The highest BCUT2D eigenvalue weighted by molar-refractivity contribution is 6.30. The number of benzene rings is 1. The van der Waals surface area contributed by atoms with E-state index >= 15 is 0 Å². The van der Waals surface area contributed by atoms with Crippen LogP contribution in [0.5, 0.6) is 5.75 Å². The fourth-order valence-corrected chi connectivity index (χ4v) is 4.76. The molecule has 0 unspecified atom stereocenters. The molecule has 2 N–H and O–H groups in total. The van der Waals surface area contributed by atoms with Gasteiger partial charge in [0.1, 0.15) is 17.3 Å². The molecule has 2 aromatic rings. The van der Waals surface area contributed by atoms with E-state index in [-0.39, 0.29) is 40.3 Å². The SMILES string of the molecule is CCc1cc(C(=O)NC23CCC(NC(=O)COc4ccc(Cl)c(F)c4)(C2)C3)n(C)n1. The summed E-state index contributed by atoms with van der Waals surface area (Å²) >= 11 is 5.64. The Morgan fingerprint density at radius 3 is 2.57 bits per heavy atom. The van der Waals surface area contributed by atoms with Crippen LogP contribution in [0.4, 0.5) is 4.39 Å². The second-order valence-corrected chi connectivity index (χ2v) is 8.69. The molecule has 0 atom stereocenters. The zero-order chi connectivity index (χ0) is 21.5. The number of ether oxygens (including phenoxy) is 1. The molecule has 9 heteroatoms. The monoisotopic (exact) mass is 434 g/mol. The number of aryl methyl sites for hydroxylation is 2. The van der Waals surface area contributed by atoms with Crippen LogP contribution in [0.2, 0.25) is 5.02 Å². The summed E-state index contributed by atoms with van der Waals surface area (Å²) in [6.45, 7) is 1.78. The first-order valence-electron chi connectivity index (χ1n) is 9.97. The highest BCUT2D eigenvalue weighted by Crippen LogP contribution is 2.55. The number of nitrogens with zero attached hydrogens (tertiary/aromatic N) is 2. The van der Waals surface area contributed by atoms with E-state index in [1.807, 2.05) is 13.0 Å². The van der Waals surface area contributed by atoms with Gasteiger partial charge in [-0.15, -0.1) is 0 Å². The van der Waals surface area contributed by atoms with E-state index in [1.165, 1.54) is 12.1 Å². The molecule has 0 radical (unpaired) electrons. The molecule has 3 aliphatic rings. The fraction of sp³-hybridized carbons (Fsp3) is 0.476. The molecule has 0 saturated heterocycles. The number of carbonyl (C=O) groups is 2. The molecule has 3 saturated carbocycles. The van der Waals surface area contributed by atoms with Gasteiger partial charge in [0.05, 0.1) is 10.7 Å². The van der Waals surface area contributed by atoms with Crippen LogP contribution in [0.1, 0.15) is 48.8 Å². The van der Waals surface area contributed by atoms with Gasteiger partial charge in [-0.1, -0.05) is 18.5 Å². The van der Waals surface area contributed by atoms with E-state index in [4.69, 9.17) is 16.3 Å². The number of hydrogen-bond donors (Lipinski definition) is 2. The zero-order valence-corrected chi connectivity index (χ0v) is 17.7. The summed E-state index contributed by atoms with van der Waals surface area (Å²) in [5.74, 6) is -0.761. The van der Waals surface area contributed by atoms with E-state index in [0.29, 0.717) is 18.5 Å². The van der Waals surface area contributed by atoms with Crippen molar-refractivity contribution in [2.75, 3.05) is 6.61 Å². The lowest BCUT2D eigenvalue weighted by molar-refractivity contribution is -0.126. The number of carbonyl (C=O) groups excluding carboxylic acids is 2. The molecule has 3 aliphatic carbocycles. The van der Waals surface area contributed by atoms with Gasteiger partial charge in [-0.3, -0.25) is 14.3 Å². The maximum absolute atomic E-state index is 13.5. The van der Waals surface area contributed by atoms with Crippen LogP contribution in [-0.4, -0.2) is 39.3 Å². The Labute approximate surface area is 178 Å². The van der Waals surface area contributed by atoms with Crippen LogP contribution in [-0.2, 0) is 18.3 Å². The second-order valence-electron chi connectivity index (χ2n) is 8.28. The van der Waals surface area contributed by atoms with Gasteiger partial charge in [0, 0.05) is 24.2 Å². The van der Waals surface area contributed by atoms with Crippen molar-refractivity contribution < 1.29 is 18.7 Å². The third kappa shape index (κ3) is 3.88. The van der Waals surface area contributed by atoms with Gasteiger partial charge >= 0.3 is 0 Å². The lowest BCUT2D eigenvalue weighted by atomic mass is 9.71. The van der Waals surface area contributed by atoms with Gasteiger partial charge in [0.15, 0.2) is 6.61 Å². The van der Waals surface area contributed by atoms with Crippen molar-refractivity contribution in [3.05, 3.63) is 46.5 Å². The van der Waals surface area contributed by atoms with Crippen molar-refractivity contribution in [2.24, 2.45) is 7.05 Å². The van der Waals surface area contributed by atoms with Crippen molar-refractivity contribution in [3.63, 3.8) is 0 Å². The molecule has 1 aromatic heterocycles. The Morgan fingerprint density at radius 1 is 1.23 bits per heavy atom. The second kappa shape index (κ2) is 7.58. The number of rotatable bonds is 7. The Kier molecular flexibility index (Phi) is 5.22. The van der Waals surface area contributed by atoms with Crippen LogP contribution in [0.15, 0.2) is 24.3 Å². The summed E-state index contributed by atoms with van der Waals surface area (Å²) in [4.78, 5) is 25.0. The summed E-state index contributed by atoms with van der Waals surface area (Å²) in [5.41, 5.74) is 0.807. The molecule has 160 valence electrons. The van der Waals surface area contributed by atoms with E-state index in [9.17, 15) is 14.0 Å². The van der Waals surface area contributed by atoms with Crippen LogP contribution >= 0.6 is 11.6 Å². The number of fused-ring (bicyclic) bond motifs is 1. The standard InChI is InChI=1S/C21H24ClFN4O3/c1-3-13-8-17(27(2)26-13)19(29)25-21-7-6-20(11-21,12-21)24-18(28)10-30-14-4-5-15(22)16(23)9-14/h4-5,8-9H,3,6-7,10-12H2,1-2H3,(H,24,28)(H,25,29). The van der Waals surface area contributed by atoms with Gasteiger partial charge in [-0.05, 0) is 50.3 Å². The van der Waals surface area contributed by atoms with Gasteiger partial charge in [0.2, 0.25) is 0 Å². The fourth-order valence-electron chi connectivity index (χ4n) is 4.64. The van der Waals surface area contributed by atoms with Crippen molar-refractivity contribution in [1.82, 2.24) is 20.4 Å². The molecule has 0 aliphatic heterocycles. The van der Waals surface area contributed by atoms with Gasteiger partial charge in [-0.25, -0.2) is 4.39 Å². The molecule has 1 aromatic carbocycles. The summed E-state index contributed by atoms with van der Waals surface area (Å²) in [5, 5.41) is 10.5. The van der Waals surface area contributed by atoms with E-state index in [0.717, 1.165) is 31.0 Å². The molecule has 2 amide bonds. The van der Waals surface area contributed by atoms with Crippen LogP contribution in [0, 0.1) is 5.82 Å². The van der Waals surface area contributed by atoms with Crippen LogP contribution < -0.4 is 15.4 Å². The number of halogens is 2. The predicted molar refractivity (Wildman–Crippen MR) is 109 cm³/mol. The molecule has 1 heterocycles. The van der Waals surface area contributed by atoms with E-state index in [2.05, 4.69) is 15.7 Å². The summed E-state index contributed by atoms with van der Waals surface area (Å²) < 4.78 is 20.4. The molecular weight excluding hydrogens is 411 g/mol. The smallest absolute Gasteiger partial charge is 0.269 e. The third-order valence-corrected chi connectivity index (χ3v) is 6.31. The maximum atomic E-state index is 13.5. The molecule has 2 bridgehead atoms. The molecule has 3 fully saturated rings. The quantitative estimate of drug-likeness (QED) is 0.701. The van der Waals surface area contributed by atoms with Gasteiger partial charge in [-0.2, -0.15) is 5.10 Å². The average Bonchev–Trinajstić information content (AvgIpc) is 3.33. The number of aromatic nitrogens is 2. The van der Waals surface area contributed by atoms with Crippen LogP contribution in [0.25, 0.3) is 0 Å². The number of nitrogens with one attached hydrogen (secondary N) is 2. The number of hydrogen-bond acceptors (Lipinski definition) is 4. The minimum absolute atomic E-state index is 0.00143. The normalized spacial score (nSPS) is 24.3. The van der Waals surface area contributed by atoms with Crippen LogP contribution in [0.3, 0.4) is 0 Å². The predicted octanol–water partition coefficient (Wildman–Crippen LogP) is 2.77. The van der Waals surface area contributed by atoms with Crippen molar-refractivity contribution >= 4 is 23.4 Å². The van der Waals surface area contributed by atoms with Gasteiger partial charge < -0.3 is 15.4 Å². The van der Waals surface area contributed by atoms with E-state index < -0.39 is 5.82 Å². The minimum atomic E-state index is -0.594. The third-order valence-electron chi connectivity index (χ3n) is 6.01. The average molecular weight is 435 g/mol. The Morgan fingerprint density at radius 2 is 1.93 bits per heavy atom. The first kappa shape index (κ1) is 20.7. The molecular formula is C21H24ClFN4O3. The Bertz CT molecular complexity index is 1000. The topological polar surface area (TPSA) is 85.3 Å². The Balaban J connectivity index is 1.29. The summed E-state index contributed by atoms with van der Waals surface area (Å²) in [7, 11) is 1.76. The summed E-state index contributed by atoms with van der Waals surface area (Å²) in [6, 6.07) is 5.86. The zero-order valence-electron chi connectivity index (χ0n) is 16.9. The summed E-state index contributed by atoms with van der Waals surface area (Å²) in [6.07, 6.45) is 3.74. The minimum Gasteiger partial charge on any atom is -0.484 e. The highest BCUT2D eigenvalue weighted by atomic mass is 35.5. The lowest BCUT2D eigenvalue weighted by Crippen LogP contribution is -2.65. The van der Waals surface area contributed by atoms with Crippen molar-refractivity contribution in [1.29, 1.82) is 0 Å². The first-order valence-corrected chi connectivity index (χ1v) is 10.4. The largest absolute Gasteiger partial charge is 0.484 e. The van der Waals surface area contributed by atoms with Crippen molar-refractivity contribution in [2.45, 2.75) is 50.1 Å². The highest BCUT2D eigenvalue weighted by Gasteiger charge is 2.62. The molecule has 0 spiro atoms. The van der Waals surface area contributed by atoms with Crippen molar-refractivity contribution in [3.8, 4) is 5.75 Å². The lowest BCUT2D eigenvalue weighted by Gasteiger charge is -2.48. The number of amides is 2.